The third-order valence-corrected chi connectivity index (χ3v) is 1.21. The second-order valence-electron chi connectivity index (χ2n) is 2.52. The molecule has 0 radical (unpaired) electrons. The van der Waals surface area contributed by atoms with Gasteiger partial charge in [0.05, 0.1) is 33.0 Å². The fourth-order valence-corrected chi connectivity index (χ4v) is 0.590. The molecular weight excluding hydrogens is 200 g/mol. The first-order valence-electron chi connectivity index (χ1n) is 4.88. The van der Waals surface area contributed by atoms with Gasteiger partial charge >= 0.3 is 5.97 Å². The minimum absolute atomic E-state index is 0.211. The fraction of sp³-hybridized carbons (Fsp3) is 0.900. The average Bonchev–Trinajstić information content (AvgIpc) is 2.18. The summed E-state index contributed by atoms with van der Waals surface area (Å²) in [7, 11) is 3.30. The lowest BCUT2D eigenvalue weighted by molar-refractivity contribution is -0.140. The number of carbonyl (C=O) groups excluding carboxylic acids is 1. The molecular formula is C10H22O5. The summed E-state index contributed by atoms with van der Waals surface area (Å²) in [6.45, 7) is 6.27. The van der Waals surface area contributed by atoms with Gasteiger partial charge in [0.2, 0.25) is 0 Å². The van der Waals surface area contributed by atoms with Crippen molar-refractivity contribution < 1.29 is 23.7 Å². The number of ether oxygens (including phenoxy) is 4. The minimum Gasteiger partial charge on any atom is -0.466 e. The summed E-state index contributed by atoms with van der Waals surface area (Å²) in [6, 6.07) is 0. The summed E-state index contributed by atoms with van der Waals surface area (Å²) < 4.78 is 19.0. The fourth-order valence-electron chi connectivity index (χ4n) is 0.590. The van der Waals surface area contributed by atoms with Crippen LogP contribution in [0.4, 0.5) is 0 Å². The van der Waals surface area contributed by atoms with Crippen LogP contribution in [0.5, 0.6) is 0 Å². The maximum Gasteiger partial charge on any atom is 0.302 e. The van der Waals surface area contributed by atoms with E-state index in [9.17, 15) is 4.79 Å². The third-order valence-electron chi connectivity index (χ3n) is 1.21. The summed E-state index contributed by atoms with van der Waals surface area (Å²) in [6.07, 6.45) is 0. The highest BCUT2D eigenvalue weighted by molar-refractivity contribution is 5.65. The molecule has 0 atom stereocenters. The van der Waals surface area contributed by atoms with Crippen molar-refractivity contribution in [2.75, 3.05) is 47.3 Å². The van der Waals surface area contributed by atoms with Crippen LogP contribution in [0.3, 0.4) is 0 Å². The molecule has 0 aromatic rings. The van der Waals surface area contributed by atoms with Crippen LogP contribution in [0.15, 0.2) is 0 Å². The average molecular weight is 222 g/mol. The van der Waals surface area contributed by atoms with Crippen LogP contribution < -0.4 is 0 Å². The molecule has 0 aliphatic rings. The standard InChI is InChI=1S/C6H14O3.C4H8O2/c1-7-3-5-9-6-4-8-2;1-3-6-4(2)5/h3-6H2,1-2H3;3H2,1-2H3. The van der Waals surface area contributed by atoms with Gasteiger partial charge in [0, 0.05) is 21.1 Å². The van der Waals surface area contributed by atoms with E-state index in [1.54, 1.807) is 21.1 Å². The van der Waals surface area contributed by atoms with Gasteiger partial charge < -0.3 is 18.9 Å². The van der Waals surface area contributed by atoms with Crippen LogP contribution in [0, 0.1) is 0 Å². The second kappa shape index (κ2) is 15.8. The van der Waals surface area contributed by atoms with Crippen molar-refractivity contribution in [3.63, 3.8) is 0 Å². The molecule has 0 fully saturated rings. The summed E-state index contributed by atoms with van der Waals surface area (Å²) in [5.74, 6) is -0.211. The summed E-state index contributed by atoms with van der Waals surface area (Å²) in [5.41, 5.74) is 0. The number of hydrogen-bond acceptors (Lipinski definition) is 5. The lowest BCUT2D eigenvalue weighted by Crippen LogP contribution is -2.06. The zero-order chi connectivity index (χ0) is 11.9. The number of methoxy groups -OCH3 is 2. The monoisotopic (exact) mass is 222 g/mol. The Morgan fingerprint density at radius 1 is 1.00 bits per heavy atom. The number of rotatable bonds is 7. The number of hydrogen-bond donors (Lipinski definition) is 0. The molecule has 0 amide bonds. The maximum absolute atomic E-state index is 9.82. The van der Waals surface area contributed by atoms with Gasteiger partial charge in [0.25, 0.3) is 0 Å². The second-order valence-corrected chi connectivity index (χ2v) is 2.52. The predicted octanol–water partition coefficient (Wildman–Crippen LogP) is 0.865. The molecule has 0 bridgehead atoms. The third kappa shape index (κ3) is 24.7. The highest BCUT2D eigenvalue weighted by Crippen LogP contribution is 1.75. The molecule has 0 heterocycles. The molecule has 0 aromatic carbocycles. The molecule has 0 rings (SSSR count). The van der Waals surface area contributed by atoms with Gasteiger partial charge in [-0.2, -0.15) is 0 Å². The zero-order valence-electron chi connectivity index (χ0n) is 10.1. The SMILES string of the molecule is CCOC(C)=O.COCCOCCOC. The molecule has 92 valence electrons. The van der Waals surface area contributed by atoms with Crippen molar-refractivity contribution in [2.45, 2.75) is 13.8 Å². The highest BCUT2D eigenvalue weighted by Gasteiger charge is 1.84. The van der Waals surface area contributed by atoms with E-state index in [2.05, 4.69) is 4.74 Å². The van der Waals surface area contributed by atoms with Gasteiger partial charge in [-0.3, -0.25) is 4.79 Å². The van der Waals surface area contributed by atoms with Gasteiger partial charge in [-0.25, -0.2) is 0 Å². The normalized spacial score (nSPS) is 9.07. The molecule has 0 spiro atoms. The van der Waals surface area contributed by atoms with Crippen molar-refractivity contribution in [3.05, 3.63) is 0 Å². The summed E-state index contributed by atoms with van der Waals surface area (Å²) >= 11 is 0. The van der Waals surface area contributed by atoms with E-state index in [0.29, 0.717) is 33.0 Å². The Morgan fingerprint density at radius 2 is 1.47 bits per heavy atom. The van der Waals surface area contributed by atoms with Crippen LogP contribution in [0.1, 0.15) is 13.8 Å². The van der Waals surface area contributed by atoms with Crippen LogP contribution in [-0.4, -0.2) is 53.2 Å². The Kier molecular flexibility index (Phi) is 17.7. The Morgan fingerprint density at radius 3 is 1.67 bits per heavy atom. The van der Waals surface area contributed by atoms with Gasteiger partial charge in [-0.05, 0) is 6.92 Å². The van der Waals surface area contributed by atoms with Crippen molar-refractivity contribution in [1.29, 1.82) is 0 Å². The highest BCUT2D eigenvalue weighted by atomic mass is 16.5. The van der Waals surface area contributed by atoms with Gasteiger partial charge in [0.1, 0.15) is 0 Å². The largest absolute Gasteiger partial charge is 0.466 e. The van der Waals surface area contributed by atoms with E-state index in [-0.39, 0.29) is 5.97 Å². The molecule has 15 heavy (non-hydrogen) atoms. The molecule has 0 saturated carbocycles. The molecule has 0 aromatic heterocycles. The smallest absolute Gasteiger partial charge is 0.302 e. The van der Waals surface area contributed by atoms with Gasteiger partial charge in [-0.1, -0.05) is 0 Å². The summed E-state index contributed by atoms with van der Waals surface area (Å²) in [4.78, 5) is 9.82. The molecule has 0 N–H and O–H groups in total. The quantitative estimate of drug-likeness (QED) is 0.472. The molecule has 0 aliphatic heterocycles. The molecule has 0 aliphatic carbocycles. The van der Waals surface area contributed by atoms with Crippen molar-refractivity contribution in [1.82, 2.24) is 0 Å². The van der Waals surface area contributed by atoms with Gasteiger partial charge in [0.15, 0.2) is 0 Å². The van der Waals surface area contributed by atoms with E-state index in [1.807, 2.05) is 0 Å². The Balaban J connectivity index is 0. The van der Waals surface area contributed by atoms with E-state index >= 15 is 0 Å². The first-order chi connectivity index (χ1) is 7.18. The van der Waals surface area contributed by atoms with Crippen LogP contribution in [-0.2, 0) is 23.7 Å². The predicted molar refractivity (Wildman–Crippen MR) is 56.9 cm³/mol. The molecule has 5 nitrogen and oxygen atoms in total. The first kappa shape index (κ1) is 16.8. The first-order valence-corrected chi connectivity index (χ1v) is 4.88. The lowest BCUT2D eigenvalue weighted by atomic mass is 10.7. The van der Waals surface area contributed by atoms with Crippen molar-refractivity contribution >= 4 is 5.97 Å². The number of esters is 1. The molecule has 0 saturated heterocycles. The maximum atomic E-state index is 9.82. The van der Waals surface area contributed by atoms with E-state index in [4.69, 9.17) is 14.2 Å². The number of carbonyl (C=O) groups is 1. The van der Waals surface area contributed by atoms with Crippen molar-refractivity contribution in [3.8, 4) is 0 Å². The van der Waals surface area contributed by atoms with Crippen LogP contribution >= 0.6 is 0 Å². The van der Waals surface area contributed by atoms with Crippen LogP contribution in [0.2, 0.25) is 0 Å². The van der Waals surface area contributed by atoms with E-state index < -0.39 is 0 Å². The van der Waals surface area contributed by atoms with Crippen molar-refractivity contribution in [2.24, 2.45) is 0 Å². The Labute approximate surface area is 91.6 Å². The van der Waals surface area contributed by atoms with E-state index in [0.717, 1.165) is 0 Å². The lowest BCUT2D eigenvalue weighted by Gasteiger charge is -2.00. The minimum atomic E-state index is -0.211. The zero-order valence-corrected chi connectivity index (χ0v) is 10.1. The topological polar surface area (TPSA) is 54.0 Å². The Bertz CT molecular complexity index is 121. The Hall–Kier alpha value is -0.650. The van der Waals surface area contributed by atoms with Crippen LogP contribution in [0.25, 0.3) is 0 Å². The molecule has 0 unspecified atom stereocenters. The van der Waals surface area contributed by atoms with E-state index in [1.165, 1.54) is 6.92 Å². The van der Waals surface area contributed by atoms with Gasteiger partial charge in [-0.15, -0.1) is 0 Å². The summed E-state index contributed by atoms with van der Waals surface area (Å²) in [5, 5.41) is 0. The molecule has 5 heteroatoms.